The molecule has 0 rings (SSSR count). The first-order chi connectivity index (χ1) is 11.9. The highest BCUT2D eigenvalue weighted by molar-refractivity contribution is 6.69. The van der Waals surface area contributed by atoms with Crippen LogP contribution >= 0.6 is 0 Å². The van der Waals surface area contributed by atoms with E-state index in [9.17, 15) is 0 Å². The Kier molecular flexibility index (Phi) is 17.3. The third-order valence-electron chi connectivity index (χ3n) is 2.93. The van der Waals surface area contributed by atoms with Crippen molar-refractivity contribution >= 4 is 8.32 Å². The average molecular weight is 382 g/mol. The molecule has 0 radical (unpaired) electrons. The largest absolute Gasteiger partial charge is 0.415 e. The molecule has 0 aliphatic carbocycles. The van der Waals surface area contributed by atoms with Crippen molar-refractivity contribution in [3.8, 4) is 0 Å². The van der Waals surface area contributed by atoms with Crippen LogP contribution in [0.15, 0.2) is 0 Å². The molecule has 0 aromatic carbocycles. The summed E-state index contributed by atoms with van der Waals surface area (Å²) in [7, 11) is 2.64. The smallest absolute Gasteiger partial charge is 0.183 e. The predicted molar refractivity (Wildman–Crippen MR) is 102 cm³/mol. The van der Waals surface area contributed by atoms with Crippen molar-refractivity contribution in [3.05, 3.63) is 0 Å². The van der Waals surface area contributed by atoms with Crippen LogP contribution in [0.3, 0.4) is 0 Å². The van der Waals surface area contributed by atoms with Crippen LogP contribution in [-0.4, -0.2) is 107 Å². The fourth-order valence-electron chi connectivity index (χ4n) is 1.64. The van der Waals surface area contributed by atoms with E-state index in [2.05, 4.69) is 24.5 Å². The third kappa shape index (κ3) is 23.9. The van der Waals surface area contributed by atoms with Crippen LogP contribution in [0.1, 0.15) is 0 Å². The molecule has 0 aromatic rings. The van der Waals surface area contributed by atoms with Crippen molar-refractivity contribution in [1.82, 2.24) is 4.90 Å². The van der Waals surface area contributed by atoms with E-state index in [1.807, 2.05) is 14.1 Å². The Balaban J connectivity index is 3.03. The van der Waals surface area contributed by atoms with Crippen molar-refractivity contribution in [3.63, 3.8) is 0 Å². The first kappa shape index (κ1) is 24.9. The monoisotopic (exact) mass is 381 g/mol. The van der Waals surface area contributed by atoms with E-state index < -0.39 is 8.32 Å². The molecule has 0 atom stereocenters. The molecule has 0 saturated heterocycles. The van der Waals surface area contributed by atoms with Gasteiger partial charge in [-0.15, -0.1) is 0 Å². The Morgan fingerprint density at radius 3 is 1.16 bits per heavy atom. The van der Waals surface area contributed by atoms with Gasteiger partial charge in [-0.2, -0.15) is 0 Å². The zero-order chi connectivity index (χ0) is 18.8. The third-order valence-corrected chi connectivity index (χ3v) is 4.00. The SMILES string of the molecule is CN(C)CCOCCOCCOCCOCCOCCO[Si](C)(C)C. The van der Waals surface area contributed by atoms with Crippen LogP contribution in [-0.2, 0) is 28.1 Å². The number of likely N-dealkylation sites (N-methyl/N-ethyl adjacent to an activating group) is 1. The molecule has 0 aliphatic rings. The van der Waals surface area contributed by atoms with Gasteiger partial charge in [0.1, 0.15) is 0 Å². The molecule has 0 aliphatic heterocycles. The maximum Gasteiger partial charge on any atom is 0.183 e. The summed E-state index contributed by atoms with van der Waals surface area (Å²) in [6.45, 7) is 14.2. The van der Waals surface area contributed by atoms with E-state index in [0.29, 0.717) is 66.1 Å². The molecule has 0 unspecified atom stereocenters. The highest BCUT2D eigenvalue weighted by Gasteiger charge is 2.12. The summed E-state index contributed by atoms with van der Waals surface area (Å²) >= 11 is 0. The van der Waals surface area contributed by atoms with Crippen molar-refractivity contribution in [2.75, 3.05) is 93.3 Å². The van der Waals surface area contributed by atoms with Crippen LogP contribution < -0.4 is 0 Å². The van der Waals surface area contributed by atoms with Crippen LogP contribution in [0.2, 0.25) is 19.6 Å². The van der Waals surface area contributed by atoms with E-state index in [4.69, 9.17) is 28.1 Å². The standard InChI is InChI=1S/C17H39NO6Si/c1-18(2)6-7-19-8-9-20-10-11-21-12-13-22-14-15-23-16-17-24-25(3,4)5/h6-17H2,1-5H3. The summed E-state index contributed by atoms with van der Waals surface area (Å²) in [4.78, 5) is 2.09. The molecular weight excluding hydrogens is 342 g/mol. The van der Waals surface area contributed by atoms with Gasteiger partial charge in [-0.25, -0.2) is 0 Å². The normalized spacial score (nSPS) is 12.2. The number of rotatable bonds is 19. The van der Waals surface area contributed by atoms with Gasteiger partial charge in [0.15, 0.2) is 8.32 Å². The van der Waals surface area contributed by atoms with Gasteiger partial charge in [-0.05, 0) is 33.7 Å². The summed E-state index contributed by atoms with van der Waals surface area (Å²) in [5.41, 5.74) is 0. The lowest BCUT2D eigenvalue weighted by Crippen LogP contribution is -2.27. The molecule has 0 saturated carbocycles. The van der Waals surface area contributed by atoms with E-state index in [-0.39, 0.29) is 0 Å². The van der Waals surface area contributed by atoms with Crippen molar-refractivity contribution in [1.29, 1.82) is 0 Å². The number of hydrogen-bond acceptors (Lipinski definition) is 7. The second-order valence-electron chi connectivity index (χ2n) is 6.83. The maximum absolute atomic E-state index is 5.69. The van der Waals surface area contributed by atoms with Gasteiger partial charge in [0.25, 0.3) is 0 Å². The maximum atomic E-state index is 5.69. The lowest BCUT2D eigenvalue weighted by molar-refractivity contribution is -0.0134. The van der Waals surface area contributed by atoms with Gasteiger partial charge in [-0.1, -0.05) is 0 Å². The van der Waals surface area contributed by atoms with Crippen LogP contribution in [0.4, 0.5) is 0 Å². The quantitative estimate of drug-likeness (QED) is 0.248. The first-order valence-electron chi connectivity index (χ1n) is 9.09. The van der Waals surface area contributed by atoms with Crippen molar-refractivity contribution in [2.45, 2.75) is 19.6 Å². The van der Waals surface area contributed by atoms with Crippen molar-refractivity contribution in [2.24, 2.45) is 0 Å². The molecular formula is C17H39NO6Si. The minimum Gasteiger partial charge on any atom is -0.415 e. The van der Waals surface area contributed by atoms with Crippen LogP contribution in [0.25, 0.3) is 0 Å². The lowest BCUT2D eigenvalue weighted by Gasteiger charge is -2.16. The van der Waals surface area contributed by atoms with Crippen LogP contribution in [0.5, 0.6) is 0 Å². The number of nitrogens with zero attached hydrogens (tertiary/aromatic N) is 1. The number of ether oxygens (including phenoxy) is 5. The molecule has 0 spiro atoms. The Morgan fingerprint density at radius 1 is 0.520 bits per heavy atom. The molecule has 7 nitrogen and oxygen atoms in total. The molecule has 0 aromatic heterocycles. The molecule has 152 valence electrons. The van der Waals surface area contributed by atoms with Gasteiger partial charge in [0.05, 0.1) is 72.7 Å². The minimum atomic E-state index is -1.42. The molecule has 8 heteroatoms. The Labute approximate surface area is 155 Å². The molecule has 0 N–H and O–H groups in total. The summed E-state index contributed by atoms with van der Waals surface area (Å²) in [5.74, 6) is 0. The summed E-state index contributed by atoms with van der Waals surface area (Å²) < 4.78 is 32.8. The zero-order valence-corrected chi connectivity index (χ0v) is 17.9. The lowest BCUT2D eigenvalue weighted by atomic mass is 10.6. The fraction of sp³-hybridized carbons (Fsp3) is 1.00. The number of hydrogen-bond donors (Lipinski definition) is 0. The highest BCUT2D eigenvalue weighted by atomic mass is 28.4. The topological polar surface area (TPSA) is 58.6 Å². The highest BCUT2D eigenvalue weighted by Crippen LogP contribution is 2.01. The summed E-state index contributed by atoms with van der Waals surface area (Å²) in [6.07, 6.45) is 0. The Bertz CT molecular complexity index is 276. The Morgan fingerprint density at radius 2 is 0.840 bits per heavy atom. The molecule has 0 bridgehead atoms. The molecule has 25 heavy (non-hydrogen) atoms. The van der Waals surface area contributed by atoms with Gasteiger partial charge >= 0.3 is 0 Å². The molecule has 0 fully saturated rings. The van der Waals surface area contributed by atoms with E-state index in [0.717, 1.165) is 13.2 Å². The minimum absolute atomic E-state index is 0.571. The van der Waals surface area contributed by atoms with Gasteiger partial charge < -0.3 is 33.0 Å². The zero-order valence-electron chi connectivity index (χ0n) is 16.9. The van der Waals surface area contributed by atoms with Gasteiger partial charge in [0.2, 0.25) is 0 Å². The van der Waals surface area contributed by atoms with Crippen LogP contribution in [0, 0.1) is 0 Å². The van der Waals surface area contributed by atoms with E-state index >= 15 is 0 Å². The molecule has 0 heterocycles. The van der Waals surface area contributed by atoms with Gasteiger partial charge in [0, 0.05) is 6.54 Å². The van der Waals surface area contributed by atoms with Crippen molar-refractivity contribution < 1.29 is 28.1 Å². The Hall–Kier alpha value is -0.0631. The summed E-state index contributed by atoms with van der Waals surface area (Å²) in [5, 5.41) is 0. The average Bonchev–Trinajstić information content (AvgIpc) is 2.52. The van der Waals surface area contributed by atoms with E-state index in [1.54, 1.807) is 0 Å². The second-order valence-corrected chi connectivity index (χ2v) is 11.3. The first-order valence-corrected chi connectivity index (χ1v) is 12.5. The van der Waals surface area contributed by atoms with E-state index in [1.165, 1.54) is 0 Å². The summed E-state index contributed by atoms with van der Waals surface area (Å²) in [6, 6.07) is 0. The predicted octanol–water partition coefficient (Wildman–Crippen LogP) is 1.48. The second kappa shape index (κ2) is 17.4. The van der Waals surface area contributed by atoms with Gasteiger partial charge in [-0.3, -0.25) is 0 Å². The molecule has 0 amide bonds. The fourth-order valence-corrected chi connectivity index (χ4v) is 2.33.